The van der Waals surface area contributed by atoms with E-state index in [9.17, 15) is 31.4 Å². The Morgan fingerprint density at radius 3 is 2.16 bits per heavy atom. The molecule has 0 bridgehead atoms. The van der Waals surface area contributed by atoms with Crippen LogP contribution in [0, 0.1) is 0 Å². The minimum absolute atomic E-state index is 0.0231. The molecule has 0 radical (unpaired) electrons. The number of nitrogens with one attached hydrogen (secondary N) is 1. The van der Waals surface area contributed by atoms with E-state index in [2.05, 4.69) is 5.32 Å². The SMILES string of the molecule is CC(O)[C@H]1CNCCN1CCc1cc(C(F)(F)F)cc(C(F)(F)F)c1. The Hall–Kier alpha value is -1.32. The molecule has 3 nitrogen and oxygen atoms in total. The molecule has 2 N–H and O–H groups in total. The molecule has 9 heteroatoms. The highest BCUT2D eigenvalue weighted by atomic mass is 19.4. The van der Waals surface area contributed by atoms with Crippen LogP contribution in [-0.4, -0.2) is 48.3 Å². The van der Waals surface area contributed by atoms with E-state index in [1.54, 1.807) is 6.92 Å². The second-order valence-electron chi connectivity index (χ2n) is 6.21. The summed E-state index contributed by atoms with van der Waals surface area (Å²) in [7, 11) is 0. The average Bonchev–Trinajstić information content (AvgIpc) is 2.51. The Kier molecular flexibility index (Phi) is 6.01. The molecular weight excluding hydrogens is 350 g/mol. The molecule has 0 spiro atoms. The zero-order chi connectivity index (χ0) is 18.8. The van der Waals surface area contributed by atoms with E-state index in [-0.39, 0.29) is 30.6 Å². The Morgan fingerprint density at radius 1 is 1.12 bits per heavy atom. The number of hydrogen-bond donors (Lipinski definition) is 2. The van der Waals surface area contributed by atoms with Gasteiger partial charge in [0, 0.05) is 32.2 Å². The van der Waals surface area contributed by atoms with Gasteiger partial charge in [-0.15, -0.1) is 0 Å². The van der Waals surface area contributed by atoms with Crippen molar-refractivity contribution in [2.75, 3.05) is 26.2 Å². The van der Waals surface area contributed by atoms with Crippen LogP contribution in [0.2, 0.25) is 0 Å². The van der Waals surface area contributed by atoms with Gasteiger partial charge in [0.1, 0.15) is 0 Å². The molecule has 1 heterocycles. The number of halogens is 6. The molecule has 2 rings (SSSR count). The lowest BCUT2D eigenvalue weighted by Crippen LogP contribution is -2.56. The highest BCUT2D eigenvalue weighted by molar-refractivity contribution is 5.33. The van der Waals surface area contributed by atoms with Crippen LogP contribution < -0.4 is 5.32 Å². The van der Waals surface area contributed by atoms with Crippen LogP contribution in [0.15, 0.2) is 18.2 Å². The summed E-state index contributed by atoms with van der Waals surface area (Å²) in [5.74, 6) is 0. The minimum atomic E-state index is -4.84. The monoisotopic (exact) mass is 370 g/mol. The first-order chi connectivity index (χ1) is 11.5. The fraction of sp³-hybridized carbons (Fsp3) is 0.625. The largest absolute Gasteiger partial charge is 0.416 e. The molecule has 0 aliphatic carbocycles. The third-order valence-electron chi connectivity index (χ3n) is 4.29. The van der Waals surface area contributed by atoms with E-state index in [0.717, 1.165) is 12.1 Å². The summed E-state index contributed by atoms with van der Waals surface area (Å²) in [6.07, 6.45) is -10.3. The van der Waals surface area contributed by atoms with Crippen LogP contribution in [0.5, 0.6) is 0 Å². The maximum Gasteiger partial charge on any atom is 0.416 e. The maximum absolute atomic E-state index is 12.9. The number of hydrogen-bond acceptors (Lipinski definition) is 3. The van der Waals surface area contributed by atoms with Gasteiger partial charge in [-0.3, -0.25) is 4.90 Å². The Labute approximate surface area is 141 Å². The van der Waals surface area contributed by atoms with Gasteiger partial charge in [-0.1, -0.05) is 0 Å². The van der Waals surface area contributed by atoms with E-state index in [1.807, 2.05) is 4.90 Å². The summed E-state index contributed by atoms with van der Waals surface area (Å²) in [6.45, 7) is 3.63. The highest BCUT2D eigenvalue weighted by Gasteiger charge is 2.37. The first kappa shape index (κ1) is 20.0. The first-order valence-electron chi connectivity index (χ1n) is 7.89. The van der Waals surface area contributed by atoms with Crippen LogP contribution in [0.25, 0.3) is 0 Å². The van der Waals surface area contributed by atoms with Gasteiger partial charge >= 0.3 is 12.4 Å². The van der Waals surface area contributed by atoms with Crippen molar-refractivity contribution in [2.45, 2.75) is 37.8 Å². The fourth-order valence-electron chi connectivity index (χ4n) is 2.96. The summed E-state index contributed by atoms with van der Waals surface area (Å²) in [5.41, 5.74) is -2.63. The molecule has 1 unspecified atom stereocenters. The van der Waals surface area contributed by atoms with Crippen molar-refractivity contribution in [3.63, 3.8) is 0 Å². The third kappa shape index (κ3) is 5.32. The third-order valence-corrected chi connectivity index (χ3v) is 4.29. The van der Waals surface area contributed by atoms with Crippen LogP contribution in [-0.2, 0) is 18.8 Å². The predicted molar refractivity (Wildman–Crippen MR) is 80.1 cm³/mol. The van der Waals surface area contributed by atoms with Crippen molar-refractivity contribution in [1.29, 1.82) is 0 Å². The standard InChI is InChI=1S/C16H20F6N2O/c1-10(25)14-9-23-3-5-24(14)4-2-11-6-12(15(17,18)19)8-13(7-11)16(20,21)22/h6-8,10,14,23,25H,2-5,9H2,1H3/t10?,14-/m1/s1. The van der Waals surface area contributed by atoms with Crippen molar-refractivity contribution in [2.24, 2.45) is 0 Å². The van der Waals surface area contributed by atoms with Crippen molar-refractivity contribution in [3.8, 4) is 0 Å². The van der Waals surface area contributed by atoms with Crippen LogP contribution in [0.3, 0.4) is 0 Å². The summed E-state index contributed by atoms with van der Waals surface area (Å²) in [5, 5.41) is 12.9. The van der Waals surface area contributed by atoms with Gasteiger partial charge in [-0.25, -0.2) is 0 Å². The van der Waals surface area contributed by atoms with Crippen molar-refractivity contribution < 1.29 is 31.4 Å². The van der Waals surface area contributed by atoms with Gasteiger partial charge in [-0.2, -0.15) is 26.3 Å². The van der Waals surface area contributed by atoms with Crippen molar-refractivity contribution >= 4 is 0 Å². The molecule has 1 aliphatic rings. The quantitative estimate of drug-likeness (QED) is 0.800. The number of benzene rings is 1. The number of aliphatic hydroxyl groups excluding tert-OH is 1. The van der Waals surface area contributed by atoms with Crippen molar-refractivity contribution in [3.05, 3.63) is 34.9 Å². The topological polar surface area (TPSA) is 35.5 Å². The molecule has 0 aromatic heterocycles. The van der Waals surface area contributed by atoms with Crippen LogP contribution in [0.1, 0.15) is 23.6 Å². The van der Waals surface area contributed by atoms with Gasteiger partial charge in [0.15, 0.2) is 0 Å². The predicted octanol–water partition coefficient (Wildman–Crippen LogP) is 2.92. The zero-order valence-corrected chi connectivity index (χ0v) is 13.6. The number of nitrogens with zero attached hydrogens (tertiary/aromatic N) is 1. The van der Waals surface area contributed by atoms with Gasteiger partial charge in [0.25, 0.3) is 0 Å². The first-order valence-corrected chi connectivity index (χ1v) is 7.89. The highest BCUT2D eigenvalue weighted by Crippen LogP contribution is 2.36. The lowest BCUT2D eigenvalue weighted by atomic mass is 10.0. The van der Waals surface area contributed by atoms with Crippen LogP contribution >= 0.6 is 0 Å². The van der Waals surface area contributed by atoms with Gasteiger partial charge < -0.3 is 10.4 Å². The number of rotatable bonds is 4. The second-order valence-corrected chi connectivity index (χ2v) is 6.21. The Bertz CT molecular complexity index is 553. The summed E-state index contributed by atoms with van der Waals surface area (Å²) < 4.78 is 77.3. The second kappa shape index (κ2) is 7.51. The maximum atomic E-state index is 12.9. The van der Waals surface area contributed by atoms with Gasteiger partial charge in [-0.05, 0) is 37.1 Å². The molecule has 0 amide bonds. The summed E-state index contributed by atoms with van der Waals surface area (Å²) in [4.78, 5) is 1.88. The van der Waals surface area contributed by atoms with Gasteiger partial charge in [0.05, 0.1) is 17.2 Å². The molecule has 1 aromatic rings. The number of piperazine rings is 1. The molecule has 1 fully saturated rings. The lowest BCUT2D eigenvalue weighted by Gasteiger charge is -2.37. The smallest absolute Gasteiger partial charge is 0.392 e. The van der Waals surface area contributed by atoms with E-state index >= 15 is 0 Å². The Balaban J connectivity index is 2.20. The minimum Gasteiger partial charge on any atom is -0.392 e. The van der Waals surface area contributed by atoms with E-state index < -0.39 is 29.6 Å². The van der Waals surface area contributed by atoms with Crippen LogP contribution in [0.4, 0.5) is 26.3 Å². The molecule has 2 atom stereocenters. The number of aliphatic hydroxyl groups is 1. The van der Waals surface area contributed by atoms with Crippen molar-refractivity contribution in [1.82, 2.24) is 10.2 Å². The van der Waals surface area contributed by atoms with E-state index in [4.69, 9.17) is 0 Å². The molecule has 1 aromatic carbocycles. The molecule has 1 saturated heterocycles. The van der Waals surface area contributed by atoms with Gasteiger partial charge in [0.2, 0.25) is 0 Å². The lowest BCUT2D eigenvalue weighted by molar-refractivity contribution is -0.143. The fourth-order valence-corrected chi connectivity index (χ4v) is 2.96. The Morgan fingerprint density at radius 2 is 1.68 bits per heavy atom. The molecule has 142 valence electrons. The number of alkyl halides is 6. The molecule has 1 aliphatic heterocycles. The summed E-state index contributed by atoms with van der Waals surface area (Å²) in [6, 6.07) is 1.43. The molecule has 25 heavy (non-hydrogen) atoms. The normalized spacial score (nSPS) is 21.4. The molecular formula is C16H20F6N2O. The average molecular weight is 370 g/mol. The van der Waals surface area contributed by atoms with E-state index in [0.29, 0.717) is 19.6 Å². The summed E-state index contributed by atoms with van der Waals surface area (Å²) >= 11 is 0. The van der Waals surface area contributed by atoms with E-state index in [1.165, 1.54) is 0 Å². The zero-order valence-electron chi connectivity index (χ0n) is 13.6. The molecule has 0 saturated carbocycles.